The molecule has 1 heterocycles. The second-order valence-electron chi connectivity index (χ2n) is 8.30. The maximum Gasteiger partial charge on any atom is 0.335 e. The zero-order valence-corrected chi connectivity index (χ0v) is 24.2. The van der Waals surface area contributed by atoms with E-state index in [1.165, 1.54) is 0 Å². The number of carbonyl (C=O) groups is 3. The molecule has 240 valence electrons. The molecule has 15 nitrogen and oxygen atoms in total. The van der Waals surface area contributed by atoms with E-state index in [0.29, 0.717) is 124 Å². The molecule has 0 aromatic carbocycles. The molecule has 0 spiro atoms. The van der Waals surface area contributed by atoms with Gasteiger partial charge in [0.2, 0.25) is 0 Å². The van der Waals surface area contributed by atoms with Crippen molar-refractivity contribution < 1.29 is 66.6 Å². The molecule has 1 rings (SSSR count). The smallest absolute Gasteiger partial charge is 0.335 e. The van der Waals surface area contributed by atoms with Crippen LogP contribution in [0, 0.1) is 0 Å². The van der Waals surface area contributed by atoms with E-state index in [1.54, 1.807) is 7.11 Å². The van der Waals surface area contributed by atoms with Crippen LogP contribution in [-0.4, -0.2) is 155 Å². The topological polar surface area (TPSA) is 156 Å². The van der Waals surface area contributed by atoms with Crippen LogP contribution in [0.2, 0.25) is 0 Å². The Morgan fingerprint density at radius 2 is 0.756 bits per heavy atom. The zero-order chi connectivity index (χ0) is 29.6. The van der Waals surface area contributed by atoms with Crippen LogP contribution in [0.3, 0.4) is 0 Å². The molecule has 0 radical (unpaired) electrons. The molecule has 0 bridgehead atoms. The summed E-state index contributed by atoms with van der Waals surface area (Å²) in [4.78, 5) is 39.1. The highest BCUT2D eigenvalue weighted by molar-refractivity contribution is 6.01. The normalized spacial score (nSPS) is 13.4. The Hall–Kier alpha value is -1.79. The summed E-state index contributed by atoms with van der Waals surface area (Å²) in [6.45, 7) is 8.63. The van der Waals surface area contributed by atoms with Gasteiger partial charge in [0.15, 0.2) is 0 Å². The van der Waals surface area contributed by atoms with E-state index >= 15 is 0 Å². The minimum atomic E-state index is -0.696. The predicted octanol–water partition coefficient (Wildman–Crippen LogP) is -0.220. The quantitative estimate of drug-likeness (QED) is 0.0763. The molecule has 2 amide bonds. The van der Waals surface area contributed by atoms with Gasteiger partial charge in [-0.3, -0.25) is 9.59 Å². The molecule has 0 N–H and O–H groups in total. The molecule has 0 saturated carbocycles. The highest BCUT2D eigenvalue weighted by atomic mass is 16.7. The van der Waals surface area contributed by atoms with Crippen LogP contribution in [0.4, 0.5) is 0 Å². The Labute approximate surface area is 241 Å². The van der Waals surface area contributed by atoms with Crippen molar-refractivity contribution in [1.29, 1.82) is 0 Å². The van der Waals surface area contributed by atoms with Crippen molar-refractivity contribution in [3.05, 3.63) is 0 Å². The summed E-state index contributed by atoms with van der Waals surface area (Å²) < 4.78 is 53.3. The molecular weight excluding hydrogens is 550 g/mol. The van der Waals surface area contributed by atoms with Crippen LogP contribution < -0.4 is 0 Å². The van der Waals surface area contributed by atoms with Gasteiger partial charge in [0.1, 0.15) is 0 Å². The summed E-state index contributed by atoms with van der Waals surface area (Å²) in [6, 6.07) is 0. The molecule has 0 aliphatic carbocycles. The Balaban J connectivity index is 1.67. The molecule has 41 heavy (non-hydrogen) atoms. The fourth-order valence-corrected chi connectivity index (χ4v) is 2.96. The van der Waals surface area contributed by atoms with E-state index in [9.17, 15) is 14.4 Å². The first-order chi connectivity index (χ1) is 20.1. The average Bonchev–Trinajstić information content (AvgIpc) is 3.28. The second-order valence-corrected chi connectivity index (χ2v) is 8.30. The van der Waals surface area contributed by atoms with Gasteiger partial charge in [0, 0.05) is 20.0 Å². The summed E-state index contributed by atoms with van der Waals surface area (Å²) in [6.07, 6.45) is 0.0539. The van der Waals surface area contributed by atoms with Crippen molar-refractivity contribution in [2.45, 2.75) is 19.3 Å². The van der Waals surface area contributed by atoms with E-state index in [2.05, 4.69) is 0 Å². The van der Waals surface area contributed by atoms with Crippen molar-refractivity contribution in [2.24, 2.45) is 0 Å². The Morgan fingerprint density at radius 3 is 1.05 bits per heavy atom. The molecule has 0 unspecified atom stereocenters. The van der Waals surface area contributed by atoms with Crippen molar-refractivity contribution >= 4 is 17.8 Å². The van der Waals surface area contributed by atoms with Gasteiger partial charge in [0.25, 0.3) is 11.8 Å². The molecule has 1 fully saturated rings. The minimum absolute atomic E-state index is 0.0620. The number of hydrogen-bond donors (Lipinski definition) is 0. The van der Waals surface area contributed by atoms with Gasteiger partial charge in [-0.1, -0.05) is 0 Å². The summed E-state index contributed by atoms with van der Waals surface area (Å²) in [5.74, 6) is -1.71. The van der Waals surface area contributed by atoms with Crippen LogP contribution in [0.1, 0.15) is 19.3 Å². The molecule has 0 aromatic rings. The fourth-order valence-electron chi connectivity index (χ4n) is 2.96. The fraction of sp³-hybridized carbons (Fsp3) is 0.885. The van der Waals surface area contributed by atoms with Gasteiger partial charge < -0.3 is 52.2 Å². The van der Waals surface area contributed by atoms with Crippen molar-refractivity contribution in [2.75, 3.05) is 133 Å². The minimum Gasteiger partial charge on any atom is -0.382 e. The van der Waals surface area contributed by atoms with E-state index in [4.69, 9.17) is 52.2 Å². The number of methoxy groups -OCH3 is 1. The molecule has 15 heteroatoms. The van der Waals surface area contributed by atoms with E-state index in [1.807, 2.05) is 0 Å². The van der Waals surface area contributed by atoms with E-state index in [-0.39, 0.29) is 25.9 Å². The van der Waals surface area contributed by atoms with E-state index < -0.39 is 17.8 Å². The summed E-state index contributed by atoms with van der Waals surface area (Å²) in [7, 11) is 1.64. The van der Waals surface area contributed by atoms with E-state index in [0.717, 1.165) is 0 Å². The lowest BCUT2D eigenvalue weighted by molar-refractivity contribution is -0.198. The van der Waals surface area contributed by atoms with Crippen LogP contribution >= 0.6 is 0 Å². The van der Waals surface area contributed by atoms with Crippen LogP contribution in [0.15, 0.2) is 0 Å². The number of ether oxygens (including phenoxy) is 10. The van der Waals surface area contributed by atoms with Gasteiger partial charge in [-0.2, -0.15) is 0 Å². The Bertz CT molecular complexity index is 638. The molecule has 1 saturated heterocycles. The number of rotatable bonds is 31. The van der Waals surface area contributed by atoms with Crippen LogP contribution in [0.5, 0.6) is 0 Å². The number of carbonyl (C=O) groups excluding carboxylic acids is 3. The second kappa shape index (κ2) is 28.3. The highest BCUT2D eigenvalue weighted by Crippen LogP contribution is 2.12. The molecule has 1 aliphatic heterocycles. The number of nitrogens with zero attached hydrogens (tertiary/aromatic N) is 1. The summed E-state index contributed by atoms with van der Waals surface area (Å²) >= 11 is 0. The standard InChI is InChI=1S/C26H47NO14/c1-31-6-7-33-10-11-35-14-15-37-18-19-39-22-23-40-21-20-38-17-16-36-13-12-34-9-8-32-5-4-26(30)41-27-24(28)2-3-25(27)29/h2-23H2,1H3. The van der Waals surface area contributed by atoms with Crippen molar-refractivity contribution in [3.63, 3.8) is 0 Å². The monoisotopic (exact) mass is 597 g/mol. The summed E-state index contributed by atoms with van der Waals surface area (Å²) in [5.41, 5.74) is 0. The van der Waals surface area contributed by atoms with Gasteiger partial charge in [0.05, 0.1) is 132 Å². The lowest BCUT2D eigenvalue weighted by atomic mass is 10.4. The van der Waals surface area contributed by atoms with Gasteiger partial charge in [-0.15, -0.1) is 5.06 Å². The van der Waals surface area contributed by atoms with Crippen molar-refractivity contribution in [3.8, 4) is 0 Å². The number of imide groups is 1. The third-order valence-corrected chi connectivity index (χ3v) is 5.06. The third kappa shape index (κ3) is 23.5. The number of hydrogen-bond acceptors (Lipinski definition) is 14. The lowest BCUT2D eigenvalue weighted by Crippen LogP contribution is -2.32. The molecular formula is C26H47NO14. The largest absolute Gasteiger partial charge is 0.382 e. The maximum atomic E-state index is 11.6. The highest BCUT2D eigenvalue weighted by Gasteiger charge is 2.32. The lowest BCUT2D eigenvalue weighted by Gasteiger charge is -2.12. The third-order valence-electron chi connectivity index (χ3n) is 5.06. The van der Waals surface area contributed by atoms with Gasteiger partial charge >= 0.3 is 5.97 Å². The van der Waals surface area contributed by atoms with Gasteiger partial charge in [-0.05, 0) is 0 Å². The molecule has 1 aliphatic rings. The van der Waals surface area contributed by atoms with Crippen LogP contribution in [-0.2, 0) is 66.6 Å². The summed E-state index contributed by atoms with van der Waals surface area (Å²) in [5, 5.41) is 0.519. The predicted molar refractivity (Wildman–Crippen MR) is 141 cm³/mol. The molecule has 0 atom stereocenters. The van der Waals surface area contributed by atoms with Gasteiger partial charge in [-0.25, -0.2) is 4.79 Å². The molecule has 0 aromatic heterocycles. The SMILES string of the molecule is COCCOCCOCCOCCOCCOCCOCCOCCOCCOCCC(=O)ON1C(=O)CCC1=O. The zero-order valence-electron chi connectivity index (χ0n) is 24.2. The first kappa shape index (κ1) is 37.2. The maximum absolute atomic E-state index is 11.6. The average molecular weight is 598 g/mol. The van der Waals surface area contributed by atoms with Crippen LogP contribution in [0.25, 0.3) is 0 Å². The first-order valence-electron chi connectivity index (χ1n) is 13.9. The first-order valence-corrected chi connectivity index (χ1v) is 13.9. The Kier molecular flexibility index (Phi) is 25.7. The number of hydroxylamine groups is 2. The van der Waals surface area contributed by atoms with Crippen molar-refractivity contribution in [1.82, 2.24) is 5.06 Å². The number of amides is 2. The Morgan fingerprint density at radius 1 is 0.488 bits per heavy atom.